The number of likely N-dealkylation sites (tertiary alicyclic amines) is 1. The van der Waals surface area contributed by atoms with Gasteiger partial charge >= 0.3 is 5.97 Å². The lowest BCUT2D eigenvalue weighted by molar-refractivity contribution is -0.162. The molecule has 0 bridgehead atoms. The summed E-state index contributed by atoms with van der Waals surface area (Å²) >= 11 is 0. The molecule has 3 N–H and O–H groups in total. The smallest absolute Gasteiger partial charge is 0.335 e. The van der Waals surface area contributed by atoms with Crippen molar-refractivity contribution < 1.29 is 24.5 Å². The first kappa shape index (κ1) is 21.4. The van der Waals surface area contributed by atoms with Crippen LogP contribution in [-0.2, 0) is 4.74 Å². The van der Waals surface area contributed by atoms with Gasteiger partial charge < -0.3 is 25.0 Å². The van der Waals surface area contributed by atoms with Gasteiger partial charge in [0.25, 0.3) is 6.41 Å². The molecule has 2 aromatic carbocycles. The molecule has 2 unspecified atom stereocenters. The molecule has 4 atom stereocenters. The van der Waals surface area contributed by atoms with Gasteiger partial charge in [0.1, 0.15) is 5.75 Å². The van der Waals surface area contributed by atoms with E-state index in [-0.39, 0.29) is 11.2 Å². The highest BCUT2D eigenvalue weighted by molar-refractivity contribution is 5.87. The summed E-state index contributed by atoms with van der Waals surface area (Å²) in [4.78, 5) is 12.9. The Morgan fingerprint density at radius 2 is 1.84 bits per heavy atom. The fourth-order valence-corrected chi connectivity index (χ4v) is 5.08. The third kappa shape index (κ3) is 4.66. The van der Waals surface area contributed by atoms with Gasteiger partial charge in [-0.3, -0.25) is 0 Å². The highest BCUT2D eigenvalue weighted by atomic mass is 16.6. The van der Waals surface area contributed by atoms with Gasteiger partial charge in [0, 0.05) is 31.1 Å². The van der Waals surface area contributed by atoms with Crippen molar-refractivity contribution in [1.82, 2.24) is 10.2 Å². The van der Waals surface area contributed by atoms with E-state index in [2.05, 4.69) is 35.6 Å². The Balaban J connectivity index is 1.08. The fraction of sp³-hybridized carbons (Fsp3) is 0.480. The average Bonchev–Trinajstić information content (AvgIpc) is 3.47. The van der Waals surface area contributed by atoms with Crippen LogP contribution in [0.5, 0.6) is 5.75 Å². The highest BCUT2D eigenvalue weighted by Crippen LogP contribution is 2.43. The minimum absolute atomic E-state index is 0.117. The number of rotatable bonds is 7. The van der Waals surface area contributed by atoms with Crippen molar-refractivity contribution in [1.29, 1.82) is 0 Å². The second-order valence-electron chi connectivity index (χ2n) is 9.23. The number of carbonyl (C=O) groups is 1. The third-order valence-corrected chi connectivity index (χ3v) is 7.04. The Kier molecular flexibility index (Phi) is 5.90. The normalized spacial score (nSPS) is 27.8. The SMILES string of the molecule is O=C(O)c1ccc(OC(O)N2CCC3(CC2)CC(N[C@@H]2C[C@H]2c2ccccc2)CO3)cc1. The summed E-state index contributed by atoms with van der Waals surface area (Å²) in [6.45, 7) is 2.13. The monoisotopic (exact) mass is 438 g/mol. The molecule has 1 aliphatic carbocycles. The maximum absolute atomic E-state index is 11.0. The first-order valence-electron chi connectivity index (χ1n) is 11.4. The molecule has 3 aliphatic rings. The Morgan fingerprint density at radius 3 is 2.53 bits per heavy atom. The molecule has 7 nitrogen and oxygen atoms in total. The predicted octanol–water partition coefficient (Wildman–Crippen LogP) is 2.81. The number of carboxylic acid groups (broad SMARTS) is 1. The zero-order valence-corrected chi connectivity index (χ0v) is 18.0. The van der Waals surface area contributed by atoms with Crippen LogP contribution >= 0.6 is 0 Å². The lowest BCUT2D eigenvalue weighted by atomic mass is 9.87. The first-order valence-corrected chi connectivity index (χ1v) is 11.4. The number of benzene rings is 2. The molecule has 7 heteroatoms. The molecule has 32 heavy (non-hydrogen) atoms. The maximum Gasteiger partial charge on any atom is 0.335 e. The third-order valence-electron chi connectivity index (χ3n) is 7.04. The quantitative estimate of drug-likeness (QED) is 0.573. The van der Waals surface area contributed by atoms with Crippen LogP contribution in [0.1, 0.15) is 47.5 Å². The Hall–Kier alpha value is -2.45. The van der Waals surface area contributed by atoms with E-state index in [1.54, 1.807) is 12.1 Å². The van der Waals surface area contributed by atoms with E-state index in [1.807, 2.05) is 4.90 Å². The van der Waals surface area contributed by atoms with Crippen molar-refractivity contribution in [2.24, 2.45) is 0 Å². The molecule has 2 saturated heterocycles. The van der Waals surface area contributed by atoms with Crippen molar-refractivity contribution in [2.75, 3.05) is 19.7 Å². The lowest BCUT2D eigenvalue weighted by Gasteiger charge is -2.40. The van der Waals surface area contributed by atoms with Gasteiger partial charge in [-0.25, -0.2) is 9.69 Å². The van der Waals surface area contributed by atoms with E-state index in [0.717, 1.165) is 25.9 Å². The van der Waals surface area contributed by atoms with Crippen molar-refractivity contribution in [2.45, 2.75) is 55.7 Å². The van der Waals surface area contributed by atoms with Crippen molar-refractivity contribution >= 4 is 5.97 Å². The molecule has 0 aromatic heterocycles. The summed E-state index contributed by atoms with van der Waals surface area (Å²) in [5, 5.41) is 23.3. The van der Waals surface area contributed by atoms with E-state index < -0.39 is 12.4 Å². The number of hydrogen-bond acceptors (Lipinski definition) is 6. The van der Waals surface area contributed by atoms with E-state index in [0.29, 0.717) is 36.8 Å². The second-order valence-corrected chi connectivity index (χ2v) is 9.23. The van der Waals surface area contributed by atoms with E-state index >= 15 is 0 Å². The van der Waals surface area contributed by atoms with Gasteiger partial charge in [0.15, 0.2) is 0 Å². The summed E-state index contributed by atoms with van der Waals surface area (Å²) in [6.07, 6.45) is 2.86. The van der Waals surface area contributed by atoms with Gasteiger partial charge in [-0.2, -0.15) is 0 Å². The van der Waals surface area contributed by atoms with Gasteiger partial charge in [-0.1, -0.05) is 30.3 Å². The van der Waals surface area contributed by atoms with Crippen LogP contribution in [0.2, 0.25) is 0 Å². The molecule has 0 amide bonds. The van der Waals surface area contributed by atoms with Gasteiger partial charge in [0.2, 0.25) is 0 Å². The minimum Gasteiger partial charge on any atom is -0.478 e. The first-order chi connectivity index (χ1) is 15.5. The summed E-state index contributed by atoms with van der Waals surface area (Å²) < 4.78 is 11.9. The number of aliphatic hydroxyl groups excluding tert-OH is 1. The molecule has 2 heterocycles. The number of nitrogens with zero attached hydrogens (tertiary/aromatic N) is 1. The molecule has 0 radical (unpaired) electrons. The zero-order chi connectivity index (χ0) is 22.1. The van der Waals surface area contributed by atoms with Gasteiger partial charge in [-0.05, 0) is 55.5 Å². The summed E-state index contributed by atoms with van der Waals surface area (Å²) in [6, 6.07) is 17.7. The molecular formula is C25H30N2O5. The molecule has 170 valence electrons. The molecule has 1 saturated carbocycles. The van der Waals surface area contributed by atoms with Crippen molar-refractivity contribution in [3.05, 3.63) is 65.7 Å². The van der Waals surface area contributed by atoms with Gasteiger partial charge in [-0.15, -0.1) is 0 Å². The van der Waals surface area contributed by atoms with E-state index in [1.165, 1.54) is 24.1 Å². The molecule has 2 aromatic rings. The lowest BCUT2D eigenvalue weighted by Crippen LogP contribution is -2.50. The number of piperidine rings is 1. The largest absolute Gasteiger partial charge is 0.478 e. The standard InChI is InChI=1S/C25H30N2O5/c28-23(29)18-6-8-20(9-7-18)32-24(30)27-12-10-25(11-13-27)15-19(16-31-25)26-22-14-21(22)17-4-2-1-3-5-17/h1-9,19,21-22,24,26,30H,10-16H2,(H,28,29)/t19?,21-,22+,24?/m0/s1. The van der Waals surface area contributed by atoms with Crippen LogP contribution in [0.15, 0.2) is 54.6 Å². The summed E-state index contributed by atoms with van der Waals surface area (Å²) in [5.41, 5.74) is 1.49. The maximum atomic E-state index is 11.0. The van der Waals surface area contributed by atoms with Gasteiger partial charge in [0.05, 0.1) is 17.8 Å². The van der Waals surface area contributed by atoms with Crippen molar-refractivity contribution in [3.63, 3.8) is 0 Å². The predicted molar refractivity (Wildman–Crippen MR) is 119 cm³/mol. The highest BCUT2D eigenvalue weighted by Gasteiger charge is 2.46. The van der Waals surface area contributed by atoms with Crippen LogP contribution in [0.4, 0.5) is 0 Å². The van der Waals surface area contributed by atoms with E-state index in [4.69, 9.17) is 14.6 Å². The summed E-state index contributed by atoms with van der Waals surface area (Å²) in [7, 11) is 0. The number of hydrogen-bond donors (Lipinski definition) is 3. The van der Waals surface area contributed by atoms with Crippen LogP contribution in [0.25, 0.3) is 0 Å². The molecule has 2 aliphatic heterocycles. The molecule has 3 fully saturated rings. The minimum atomic E-state index is -1.06. The number of ether oxygens (including phenoxy) is 2. The number of aliphatic hydroxyl groups is 1. The fourth-order valence-electron chi connectivity index (χ4n) is 5.08. The van der Waals surface area contributed by atoms with Crippen LogP contribution in [-0.4, -0.2) is 64.9 Å². The number of aromatic carboxylic acids is 1. The zero-order valence-electron chi connectivity index (χ0n) is 18.0. The summed E-state index contributed by atoms with van der Waals surface area (Å²) in [5.74, 6) is 0.0769. The Bertz CT molecular complexity index is 927. The Labute approximate surface area is 188 Å². The average molecular weight is 439 g/mol. The number of nitrogens with one attached hydrogen (secondary N) is 1. The van der Waals surface area contributed by atoms with Crippen molar-refractivity contribution in [3.8, 4) is 5.75 Å². The molecular weight excluding hydrogens is 408 g/mol. The van der Waals surface area contributed by atoms with Crippen LogP contribution in [0.3, 0.4) is 0 Å². The van der Waals surface area contributed by atoms with Crippen LogP contribution < -0.4 is 10.1 Å². The van der Waals surface area contributed by atoms with E-state index in [9.17, 15) is 9.90 Å². The Morgan fingerprint density at radius 1 is 1.12 bits per heavy atom. The number of carboxylic acids is 1. The topological polar surface area (TPSA) is 91.3 Å². The van der Waals surface area contributed by atoms with Crippen LogP contribution in [0, 0.1) is 0 Å². The second kappa shape index (κ2) is 8.83. The molecule has 1 spiro atoms. The molecule has 5 rings (SSSR count).